The maximum absolute atomic E-state index is 12.6. The number of esters is 1. The Labute approximate surface area is 101 Å². The van der Waals surface area contributed by atoms with Gasteiger partial charge in [-0.15, -0.1) is 0 Å². The number of hydrogen-bond donors (Lipinski definition) is 1. The summed E-state index contributed by atoms with van der Waals surface area (Å²) in [5.74, 6) is -1.22. The molecule has 0 amide bonds. The maximum Gasteiger partial charge on any atom is 0.311 e. The van der Waals surface area contributed by atoms with Gasteiger partial charge < -0.3 is 9.84 Å². The Balaban J connectivity index is 3.04. The predicted octanol–water partition coefficient (Wildman–Crippen LogP) is 2.48. The number of nitrogens with zero attached hydrogens (tertiary/aromatic N) is 1. The molecule has 0 atom stereocenters. The van der Waals surface area contributed by atoms with Crippen LogP contribution in [0.5, 0.6) is 5.75 Å². The summed E-state index contributed by atoms with van der Waals surface area (Å²) in [4.78, 5) is 14.7. The van der Waals surface area contributed by atoms with Gasteiger partial charge in [0, 0.05) is 5.56 Å². The van der Waals surface area contributed by atoms with Crippen LogP contribution in [0.25, 0.3) is 0 Å². The van der Waals surface area contributed by atoms with Crippen molar-refractivity contribution in [3.05, 3.63) is 22.5 Å². The van der Waals surface area contributed by atoms with Crippen LogP contribution in [0.15, 0.2) is 6.07 Å². The Morgan fingerprint density at radius 1 is 1.65 bits per heavy atom. The third kappa shape index (κ3) is 3.52. The maximum atomic E-state index is 12.6. The van der Waals surface area contributed by atoms with E-state index in [9.17, 15) is 13.6 Å². The standard InChI is InChI=1S/C10H10ClF2NO3/c1-2-17-8(16)4-6-5(10(12)13)3-7(15)9(11)14-6/h3,10,15H,2,4H2,1H3. The lowest BCUT2D eigenvalue weighted by atomic mass is 10.1. The average Bonchev–Trinajstić information content (AvgIpc) is 2.23. The van der Waals surface area contributed by atoms with Crippen LogP contribution in [0.4, 0.5) is 8.78 Å². The van der Waals surface area contributed by atoms with E-state index in [2.05, 4.69) is 9.72 Å². The third-order valence-electron chi connectivity index (χ3n) is 1.92. The molecule has 0 aliphatic carbocycles. The highest BCUT2D eigenvalue weighted by atomic mass is 35.5. The van der Waals surface area contributed by atoms with Gasteiger partial charge in [-0.2, -0.15) is 0 Å². The van der Waals surface area contributed by atoms with Gasteiger partial charge in [0.05, 0.1) is 18.7 Å². The molecular weight excluding hydrogens is 256 g/mol. The van der Waals surface area contributed by atoms with Gasteiger partial charge in [-0.05, 0) is 13.0 Å². The van der Waals surface area contributed by atoms with Crippen molar-refractivity contribution >= 4 is 17.6 Å². The molecule has 0 unspecified atom stereocenters. The lowest BCUT2D eigenvalue weighted by Gasteiger charge is -2.09. The molecule has 0 aliphatic rings. The summed E-state index contributed by atoms with van der Waals surface area (Å²) in [5, 5.41) is 8.84. The smallest absolute Gasteiger partial charge is 0.311 e. The SMILES string of the molecule is CCOC(=O)Cc1nc(Cl)c(O)cc1C(F)F. The minimum atomic E-state index is -2.85. The minimum absolute atomic E-state index is 0.147. The molecule has 0 bridgehead atoms. The molecule has 0 spiro atoms. The molecule has 0 aromatic carbocycles. The molecule has 0 radical (unpaired) electrons. The van der Waals surface area contributed by atoms with Crippen molar-refractivity contribution in [1.82, 2.24) is 4.98 Å². The number of aromatic hydroxyl groups is 1. The first-order valence-corrected chi connectivity index (χ1v) is 5.15. The fraction of sp³-hybridized carbons (Fsp3) is 0.400. The van der Waals surface area contributed by atoms with Gasteiger partial charge in [0.2, 0.25) is 0 Å². The van der Waals surface area contributed by atoms with Crippen LogP contribution in [0, 0.1) is 0 Å². The Morgan fingerprint density at radius 2 is 2.29 bits per heavy atom. The zero-order chi connectivity index (χ0) is 13.0. The van der Waals surface area contributed by atoms with Crippen molar-refractivity contribution in [2.24, 2.45) is 0 Å². The number of carbonyl (C=O) groups is 1. The summed E-state index contributed by atoms with van der Waals surface area (Å²) in [6, 6.07) is 0.800. The fourth-order valence-corrected chi connectivity index (χ4v) is 1.37. The number of halogens is 3. The third-order valence-corrected chi connectivity index (χ3v) is 2.20. The van der Waals surface area contributed by atoms with Gasteiger partial charge in [-0.3, -0.25) is 4.79 Å². The highest BCUT2D eigenvalue weighted by Crippen LogP contribution is 2.30. The summed E-state index contributed by atoms with van der Waals surface area (Å²) in [6.07, 6.45) is -3.26. The number of alkyl halides is 2. The van der Waals surface area contributed by atoms with Crippen LogP contribution in [-0.4, -0.2) is 22.7 Å². The van der Waals surface area contributed by atoms with E-state index in [1.54, 1.807) is 6.92 Å². The molecule has 7 heteroatoms. The average molecular weight is 266 g/mol. The summed E-state index contributed by atoms with van der Waals surface area (Å²) >= 11 is 5.49. The fourth-order valence-electron chi connectivity index (χ4n) is 1.21. The number of aromatic nitrogens is 1. The topological polar surface area (TPSA) is 59.4 Å². The van der Waals surface area contributed by atoms with E-state index in [4.69, 9.17) is 16.7 Å². The van der Waals surface area contributed by atoms with Gasteiger partial charge in [-0.1, -0.05) is 11.6 Å². The van der Waals surface area contributed by atoms with Gasteiger partial charge >= 0.3 is 5.97 Å². The van der Waals surface area contributed by atoms with E-state index >= 15 is 0 Å². The van der Waals surface area contributed by atoms with E-state index in [0.29, 0.717) is 0 Å². The molecule has 1 aromatic rings. The minimum Gasteiger partial charge on any atom is -0.505 e. The van der Waals surface area contributed by atoms with Crippen molar-refractivity contribution in [2.45, 2.75) is 19.8 Å². The Hall–Kier alpha value is -1.43. The van der Waals surface area contributed by atoms with Gasteiger partial charge in [0.1, 0.15) is 0 Å². The van der Waals surface area contributed by atoms with E-state index in [1.807, 2.05) is 0 Å². The van der Waals surface area contributed by atoms with Crippen molar-refractivity contribution in [1.29, 1.82) is 0 Å². The molecule has 1 N–H and O–H groups in total. The van der Waals surface area contributed by atoms with Crippen molar-refractivity contribution in [2.75, 3.05) is 6.61 Å². The molecule has 4 nitrogen and oxygen atoms in total. The summed E-state index contributed by atoms with van der Waals surface area (Å²) < 4.78 is 29.9. The van der Waals surface area contributed by atoms with Crippen molar-refractivity contribution in [3.63, 3.8) is 0 Å². The van der Waals surface area contributed by atoms with E-state index in [-0.39, 0.29) is 17.5 Å². The lowest BCUT2D eigenvalue weighted by Crippen LogP contribution is -2.11. The van der Waals surface area contributed by atoms with Crippen molar-refractivity contribution in [3.8, 4) is 5.75 Å². The second kappa shape index (κ2) is 5.77. The lowest BCUT2D eigenvalue weighted by molar-refractivity contribution is -0.142. The van der Waals surface area contributed by atoms with Crippen LogP contribution >= 0.6 is 11.6 Å². The van der Waals surface area contributed by atoms with Crippen LogP contribution in [0.1, 0.15) is 24.6 Å². The Morgan fingerprint density at radius 3 is 2.82 bits per heavy atom. The molecule has 17 heavy (non-hydrogen) atoms. The van der Waals surface area contributed by atoms with Gasteiger partial charge in [0.15, 0.2) is 10.9 Å². The van der Waals surface area contributed by atoms with E-state index < -0.39 is 30.1 Å². The van der Waals surface area contributed by atoms with Crippen molar-refractivity contribution < 1.29 is 23.4 Å². The first-order chi connectivity index (χ1) is 7.95. The summed E-state index contributed by atoms with van der Waals surface area (Å²) in [6.45, 7) is 1.75. The van der Waals surface area contributed by atoms with Gasteiger partial charge in [0.25, 0.3) is 6.43 Å². The second-order valence-corrected chi connectivity index (χ2v) is 3.47. The van der Waals surface area contributed by atoms with E-state index in [1.165, 1.54) is 0 Å². The predicted molar refractivity (Wildman–Crippen MR) is 56.2 cm³/mol. The number of carbonyl (C=O) groups excluding carboxylic acids is 1. The molecule has 1 rings (SSSR count). The monoisotopic (exact) mass is 265 g/mol. The number of ether oxygens (including phenoxy) is 1. The Bertz CT molecular complexity index is 426. The Kier molecular flexibility index (Phi) is 4.62. The quantitative estimate of drug-likeness (QED) is 0.671. The van der Waals surface area contributed by atoms with Crippen LogP contribution < -0.4 is 0 Å². The van der Waals surface area contributed by atoms with Crippen LogP contribution in [0.2, 0.25) is 5.15 Å². The molecule has 0 saturated heterocycles. The highest BCUT2D eigenvalue weighted by molar-refractivity contribution is 6.30. The number of rotatable bonds is 4. The molecule has 94 valence electrons. The number of hydrogen-bond acceptors (Lipinski definition) is 4. The molecule has 1 aromatic heterocycles. The second-order valence-electron chi connectivity index (χ2n) is 3.12. The molecule has 1 heterocycles. The summed E-state index contributed by atoms with van der Waals surface area (Å²) in [5.41, 5.74) is -0.721. The van der Waals surface area contributed by atoms with Gasteiger partial charge in [-0.25, -0.2) is 13.8 Å². The zero-order valence-electron chi connectivity index (χ0n) is 8.91. The largest absolute Gasteiger partial charge is 0.505 e. The molecule has 0 saturated carbocycles. The summed E-state index contributed by atoms with van der Waals surface area (Å²) in [7, 11) is 0. The molecule has 0 aliphatic heterocycles. The normalized spacial score (nSPS) is 10.6. The molecular formula is C10H10ClF2NO3. The van der Waals surface area contributed by atoms with Crippen LogP contribution in [0.3, 0.4) is 0 Å². The highest BCUT2D eigenvalue weighted by Gasteiger charge is 2.20. The molecule has 0 fully saturated rings. The first kappa shape index (κ1) is 13.6. The van der Waals surface area contributed by atoms with E-state index in [0.717, 1.165) is 6.07 Å². The number of pyridine rings is 1. The first-order valence-electron chi connectivity index (χ1n) is 4.77. The zero-order valence-corrected chi connectivity index (χ0v) is 9.67. The van der Waals surface area contributed by atoms with Crippen LogP contribution in [-0.2, 0) is 16.0 Å².